The number of nitrogens with zero attached hydrogens (tertiary/aromatic N) is 2. The normalized spacial score (nSPS) is 12.8. The Morgan fingerprint density at radius 3 is 2.52 bits per heavy atom. The van der Waals surface area contributed by atoms with Crippen LogP contribution in [0.25, 0.3) is 0 Å². The summed E-state index contributed by atoms with van der Waals surface area (Å²) in [6.07, 6.45) is 1.46. The largest absolute Gasteiger partial charge is 0.454 e. The Labute approximate surface area is 133 Å². The second-order valence-corrected chi connectivity index (χ2v) is 5.50. The molecule has 6 nitrogen and oxygen atoms in total. The highest BCUT2D eigenvalue weighted by Gasteiger charge is 2.22. The molecule has 7 heteroatoms. The van der Waals surface area contributed by atoms with Crippen LogP contribution < -0.4 is 9.47 Å². The number of benzene rings is 2. The fourth-order valence-corrected chi connectivity index (χ4v) is 2.24. The predicted octanol–water partition coefficient (Wildman–Crippen LogP) is 3.68. The summed E-state index contributed by atoms with van der Waals surface area (Å²) in [5.41, 5.74) is 1.04. The molecule has 2 aromatic rings. The Balaban J connectivity index is 1.97. The van der Waals surface area contributed by atoms with Crippen LogP contribution in [-0.2, 0) is 0 Å². The Bertz CT molecular complexity index is 728. The standard InChI is InChI=1S/C14H9IN2O4/c15-10-1-3-11(4-2-10)16-7-9-5-13-14(21-8-20-13)6-12(9)17(18)19/h1-7H,8H2. The highest BCUT2D eigenvalue weighted by atomic mass is 127. The monoisotopic (exact) mass is 396 g/mol. The second kappa shape index (κ2) is 5.68. The maximum absolute atomic E-state index is 11.1. The van der Waals surface area contributed by atoms with Gasteiger partial charge in [0.2, 0.25) is 6.79 Å². The van der Waals surface area contributed by atoms with Crippen molar-refractivity contribution in [2.24, 2.45) is 4.99 Å². The first-order chi connectivity index (χ1) is 10.1. The lowest BCUT2D eigenvalue weighted by Gasteiger charge is -2.00. The molecule has 0 amide bonds. The van der Waals surface area contributed by atoms with Crippen molar-refractivity contribution in [3.63, 3.8) is 0 Å². The van der Waals surface area contributed by atoms with Crippen molar-refractivity contribution in [2.75, 3.05) is 6.79 Å². The van der Waals surface area contributed by atoms with Gasteiger partial charge in [-0.25, -0.2) is 0 Å². The number of fused-ring (bicyclic) bond motifs is 1. The molecular formula is C14H9IN2O4. The predicted molar refractivity (Wildman–Crippen MR) is 85.6 cm³/mol. The molecule has 0 N–H and O–H groups in total. The molecule has 1 aliphatic rings. The number of nitro groups is 1. The number of aliphatic imine (C=N–C) groups is 1. The third-order valence-electron chi connectivity index (χ3n) is 2.90. The van der Waals surface area contributed by atoms with Gasteiger partial charge in [0.05, 0.1) is 22.2 Å². The maximum Gasteiger partial charge on any atom is 0.282 e. The van der Waals surface area contributed by atoms with E-state index in [1.54, 1.807) is 6.07 Å². The zero-order valence-corrected chi connectivity index (χ0v) is 12.8. The molecule has 0 aliphatic carbocycles. The lowest BCUT2D eigenvalue weighted by Crippen LogP contribution is -1.94. The molecular weight excluding hydrogens is 387 g/mol. The van der Waals surface area contributed by atoms with Gasteiger partial charge in [-0.15, -0.1) is 0 Å². The van der Waals surface area contributed by atoms with Gasteiger partial charge in [-0.1, -0.05) is 0 Å². The summed E-state index contributed by atoms with van der Waals surface area (Å²) in [5.74, 6) is 0.873. The van der Waals surface area contributed by atoms with Gasteiger partial charge in [0.25, 0.3) is 5.69 Å². The molecule has 2 aromatic carbocycles. The van der Waals surface area contributed by atoms with Gasteiger partial charge in [0, 0.05) is 9.78 Å². The number of hydrogen-bond acceptors (Lipinski definition) is 5. The molecule has 0 saturated heterocycles. The molecule has 0 spiro atoms. The molecule has 0 aromatic heterocycles. The molecule has 0 unspecified atom stereocenters. The van der Waals surface area contributed by atoms with Crippen LogP contribution in [0.1, 0.15) is 5.56 Å². The first-order valence-corrected chi connectivity index (χ1v) is 7.09. The van der Waals surface area contributed by atoms with Crippen LogP contribution in [0.4, 0.5) is 11.4 Å². The maximum atomic E-state index is 11.1. The van der Waals surface area contributed by atoms with Crippen molar-refractivity contribution in [3.05, 3.63) is 55.6 Å². The molecule has 21 heavy (non-hydrogen) atoms. The van der Waals surface area contributed by atoms with E-state index in [2.05, 4.69) is 27.6 Å². The minimum absolute atomic E-state index is 0.0616. The van der Waals surface area contributed by atoms with Gasteiger partial charge in [0.15, 0.2) is 11.5 Å². The third kappa shape index (κ3) is 2.97. The van der Waals surface area contributed by atoms with Crippen LogP contribution in [0, 0.1) is 13.7 Å². The van der Waals surface area contributed by atoms with Crippen molar-refractivity contribution >= 4 is 40.2 Å². The van der Waals surface area contributed by atoms with Crippen LogP contribution >= 0.6 is 22.6 Å². The van der Waals surface area contributed by atoms with Gasteiger partial charge in [-0.05, 0) is 52.9 Å². The topological polar surface area (TPSA) is 74.0 Å². The number of rotatable bonds is 3. The molecule has 0 atom stereocenters. The molecule has 0 saturated carbocycles. The zero-order valence-electron chi connectivity index (χ0n) is 10.7. The average molecular weight is 396 g/mol. The van der Waals surface area contributed by atoms with E-state index in [0.717, 1.165) is 9.26 Å². The lowest BCUT2D eigenvalue weighted by molar-refractivity contribution is -0.385. The number of ether oxygens (including phenoxy) is 2. The SMILES string of the molecule is O=[N+]([O-])c1cc2c(cc1C=Nc1ccc(I)cc1)OCO2. The van der Waals surface area contributed by atoms with E-state index in [1.807, 2.05) is 24.3 Å². The van der Waals surface area contributed by atoms with Crippen molar-refractivity contribution in [2.45, 2.75) is 0 Å². The fourth-order valence-electron chi connectivity index (χ4n) is 1.88. The lowest BCUT2D eigenvalue weighted by atomic mass is 10.1. The number of nitro benzene ring substituents is 1. The van der Waals surface area contributed by atoms with E-state index in [4.69, 9.17) is 9.47 Å². The van der Waals surface area contributed by atoms with Crippen molar-refractivity contribution in [1.29, 1.82) is 0 Å². The van der Waals surface area contributed by atoms with E-state index >= 15 is 0 Å². The van der Waals surface area contributed by atoms with Gasteiger partial charge in [-0.3, -0.25) is 15.1 Å². The molecule has 0 bridgehead atoms. The Morgan fingerprint density at radius 2 is 1.86 bits per heavy atom. The summed E-state index contributed by atoms with van der Waals surface area (Å²) in [6, 6.07) is 10.4. The van der Waals surface area contributed by atoms with E-state index in [0.29, 0.717) is 17.1 Å². The molecule has 1 heterocycles. The van der Waals surface area contributed by atoms with Crippen molar-refractivity contribution in [1.82, 2.24) is 0 Å². The summed E-state index contributed by atoms with van der Waals surface area (Å²) in [5, 5.41) is 11.1. The highest BCUT2D eigenvalue weighted by Crippen LogP contribution is 2.37. The molecule has 0 radical (unpaired) electrons. The summed E-state index contributed by atoms with van der Waals surface area (Å²) in [7, 11) is 0. The Morgan fingerprint density at radius 1 is 1.19 bits per heavy atom. The minimum Gasteiger partial charge on any atom is -0.454 e. The Hall–Kier alpha value is -2.16. The van der Waals surface area contributed by atoms with E-state index in [9.17, 15) is 10.1 Å². The molecule has 106 valence electrons. The number of hydrogen-bond donors (Lipinski definition) is 0. The summed E-state index contributed by atoms with van der Waals surface area (Å²) in [6.45, 7) is 0.0736. The first-order valence-electron chi connectivity index (χ1n) is 6.01. The van der Waals surface area contributed by atoms with Gasteiger partial charge in [-0.2, -0.15) is 0 Å². The molecule has 3 rings (SSSR count). The summed E-state index contributed by atoms with van der Waals surface area (Å²) >= 11 is 2.20. The Kier molecular flexibility index (Phi) is 3.74. The van der Waals surface area contributed by atoms with E-state index in [1.165, 1.54) is 12.3 Å². The van der Waals surface area contributed by atoms with Crippen LogP contribution in [0.5, 0.6) is 11.5 Å². The van der Waals surface area contributed by atoms with E-state index < -0.39 is 4.92 Å². The highest BCUT2D eigenvalue weighted by molar-refractivity contribution is 14.1. The van der Waals surface area contributed by atoms with Crippen LogP contribution in [-0.4, -0.2) is 17.9 Å². The quantitative estimate of drug-likeness (QED) is 0.344. The molecule has 0 fully saturated rings. The zero-order chi connectivity index (χ0) is 14.8. The fraction of sp³-hybridized carbons (Fsp3) is 0.0714. The minimum atomic E-state index is -0.461. The van der Waals surface area contributed by atoms with Gasteiger partial charge < -0.3 is 9.47 Å². The van der Waals surface area contributed by atoms with Crippen LogP contribution in [0.15, 0.2) is 41.4 Å². The van der Waals surface area contributed by atoms with Crippen LogP contribution in [0.3, 0.4) is 0 Å². The van der Waals surface area contributed by atoms with Gasteiger partial charge >= 0.3 is 0 Å². The first kappa shape index (κ1) is 13.8. The average Bonchev–Trinajstić information content (AvgIpc) is 2.92. The number of halogens is 1. The van der Waals surface area contributed by atoms with Gasteiger partial charge in [0.1, 0.15) is 0 Å². The van der Waals surface area contributed by atoms with Crippen LogP contribution in [0.2, 0.25) is 0 Å². The van der Waals surface area contributed by atoms with Crippen molar-refractivity contribution in [3.8, 4) is 11.5 Å². The molecule has 1 aliphatic heterocycles. The second-order valence-electron chi connectivity index (χ2n) is 4.26. The van der Waals surface area contributed by atoms with E-state index in [-0.39, 0.29) is 12.5 Å². The smallest absolute Gasteiger partial charge is 0.282 e. The summed E-state index contributed by atoms with van der Waals surface area (Å²) < 4.78 is 11.5. The van der Waals surface area contributed by atoms with Crippen molar-refractivity contribution < 1.29 is 14.4 Å². The summed E-state index contributed by atoms with van der Waals surface area (Å²) in [4.78, 5) is 14.9. The third-order valence-corrected chi connectivity index (χ3v) is 3.62.